The molecule has 1 aromatic rings. The summed E-state index contributed by atoms with van der Waals surface area (Å²) in [6.45, 7) is 0.589. The summed E-state index contributed by atoms with van der Waals surface area (Å²) in [6.07, 6.45) is 0.329. The van der Waals surface area contributed by atoms with Crippen molar-refractivity contribution in [3.05, 3.63) is 35.9 Å². The molecule has 0 aliphatic carbocycles. The van der Waals surface area contributed by atoms with Crippen LogP contribution in [0.3, 0.4) is 0 Å². The van der Waals surface area contributed by atoms with Crippen LogP contribution >= 0.6 is 0 Å². The van der Waals surface area contributed by atoms with E-state index in [0.29, 0.717) is 13.0 Å². The van der Waals surface area contributed by atoms with Gasteiger partial charge in [0.25, 0.3) is 0 Å². The standard InChI is InChI=1S/C12H15NO3/c1-15-12(14)7-11-10(8-16-13-11)9-5-3-2-4-6-9/h2-6,10-11,13H,7-8H2,1H3/t10-,11+/m1/s1. The molecule has 1 heterocycles. The normalized spacial score (nSPS) is 24.3. The van der Waals surface area contributed by atoms with Gasteiger partial charge in [0.05, 0.1) is 26.2 Å². The number of nitrogens with one attached hydrogen (secondary N) is 1. The highest BCUT2D eigenvalue weighted by molar-refractivity contribution is 5.70. The third kappa shape index (κ3) is 2.40. The van der Waals surface area contributed by atoms with Gasteiger partial charge in [0.1, 0.15) is 0 Å². The van der Waals surface area contributed by atoms with E-state index < -0.39 is 0 Å². The Hall–Kier alpha value is -1.39. The molecule has 0 unspecified atom stereocenters. The van der Waals surface area contributed by atoms with Crippen LogP contribution in [0, 0.1) is 0 Å². The lowest BCUT2D eigenvalue weighted by atomic mass is 9.92. The minimum atomic E-state index is -0.219. The van der Waals surface area contributed by atoms with Crippen LogP contribution in [0.1, 0.15) is 17.9 Å². The Morgan fingerprint density at radius 1 is 1.50 bits per heavy atom. The molecule has 2 rings (SSSR count). The molecule has 0 saturated carbocycles. The monoisotopic (exact) mass is 221 g/mol. The van der Waals surface area contributed by atoms with Gasteiger partial charge in [-0.25, -0.2) is 0 Å². The van der Waals surface area contributed by atoms with Gasteiger partial charge in [0, 0.05) is 5.92 Å². The van der Waals surface area contributed by atoms with Gasteiger partial charge in [-0.15, -0.1) is 0 Å². The lowest BCUT2D eigenvalue weighted by Gasteiger charge is -2.16. The summed E-state index contributed by atoms with van der Waals surface area (Å²) in [5, 5.41) is 0. The number of rotatable bonds is 3. The van der Waals surface area contributed by atoms with Crippen molar-refractivity contribution in [2.24, 2.45) is 0 Å². The third-order valence-electron chi connectivity index (χ3n) is 2.83. The topological polar surface area (TPSA) is 47.6 Å². The second-order valence-electron chi connectivity index (χ2n) is 3.83. The van der Waals surface area contributed by atoms with E-state index in [1.807, 2.05) is 30.3 Å². The maximum absolute atomic E-state index is 11.2. The first-order valence-corrected chi connectivity index (χ1v) is 5.30. The average Bonchev–Trinajstić information content (AvgIpc) is 2.78. The number of hydrogen-bond donors (Lipinski definition) is 1. The number of esters is 1. The first-order chi connectivity index (χ1) is 7.81. The average molecular weight is 221 g/mol. The molecule has 1 N–H and O–H groups in total. The second kappa shape index (κ2) is 5.09. The van der Waals surface area contributed by atoms with E-state index in [1.54, 1.807) is 0 Å². The molecule has 1 fully saturated rings. The number of ether oxygens (including phenoxy) is 1. The molecule has 1 aromatic carbocycles. The summed E-state index contributed by atoms with van der Waals surface area (Å²) < 4.78 is 4.66. The predicted octanol–water partition coefficient (Wildman–Crippen LogP) is 1.24. The fraction of sp³-hybridized carbons (Fsp3) is 0.417. The van der Waals surface area contributed by atoms with E-state index in [4.69, 9.17) is 4.84 Å². The molecule has 0 spiro atoms. The molecule has 0 radical (unpaired) electrons. The van der Waals surface area contributed by atoms with Crippen molar-refractivity contribution in [3.63, 3.8) is 0 Å². The van der Waals surface area contributed by atoms with Crippen LogP contribution in [0.2, 0.25) is 0 Å². The van der Waals surface area contributed by atoms with Gasteiger partial charge >= 0.3 is 5.97 Å². The summed E-state index contributed by atoms with van der Waals surface area (Å²) in [5.74, 6) is -0.00997. The predicted molar refractivity (Wildman–Crippen MR) is 58.7 cm³/mol. The van der Waals surface area contributed by atoms with E-state index in [0.717, 1.165) is 0 Å². The van der Waals surface area contributed by atoms with Crippen molar-refractivity contribution in [2.45, 2.75) is 18.4 Å². The van der Waals surface area contributed by atoms with Crippen molar-refractivity contribution in [2.75, 3.05) is 13.7 Å². The number of benzene rings is 1. The molecule has 0 aromatic heterocycles. The fourth-order valence-corrected chi connectivity index (χ4v) is 1.92. The molecule has 16 heavy (non-hydrogen) atoms. The first-order valence-electron chi connectivity index (χ1n) is 5.30. The van der Waals surface area contributed by atoms with Crippen LogP contribution < -0.4 is 5.48 Å². The maximum atomic E-state index is 11.2. The van der Waals surface area contributed by atoms with E-state index in [9.17, 15) is 4.79 Å². The van der Waals surface area contributed by atoms with E-state index in [1.165, 1.54) is 12.7 Å². The lowest BCUT2D eigenvalue weighted by Crippen LogP contribution is -2.28. The Balaban J connectivity index is 2.06. The zero-order valence-corrected chi connectivity index (χ0v) is 9.18. The summed E-state index contributed by atoms with van der Waals surface area (Å²) in [6, 6.07) is 10.0. The number of hydroxylamine groups is 1. The third-order valence-corrected chi connectivity index (χ3v) is 2.83. The summed E-state index contributed by atoms with van der Waals surface area (Å²) in [5.41, 5.74) is 4.05. The van der Waals surface area contributed by atoms with Crippen molar-refractivity contribution < 1.29 is 14.4 Å². The quantitative estimate of drug-likeness (QED) is 0.780. The smallest absolute Gasteiger partial charge is 0.307 e. The zero-order chi connectivity index (χ0) is 11.4. The Labute approximate surface area is 94.5 Å². The minimum absolute atomic E-state index is 0.00477. The number of methoxy groups -OCH3 is 1. The zero-order valence-electron chi connectivity index (χ0n) is 9.18. The molecule has 86 valence electrons. The van der Waals surface area contributed by atoms with Gasteiger partial charge in [-0.3, -0.25) is 4.79 Å². The number of hydrogen-bond acceptors (Lipinski definition) is 4. The van der Waals surface area contributed by atoms with Gasteiger partial charge in [-0.05, 0) is 5.56 Å². The first kappa shape index (κ1) is 11.1. The molecular weight excluding hydrogens is 206 g/mol. The van der Waals surface area contributed by atoms with Crippen LogP contribution in [0.5, 0.6) is 0 Å². The second-order valence-corrected chi connectivity index (χ2v) is 3.83. The number of carbonyl (C=O) groups is 1. The van der Waals surface area contributed by atoms with Crippen LogP contribution in [0.15, 0.2) is 30.3 Å². The Kier molecular flexibility index (Phi) is 3.54. The van der Waals surface area contributed by atoms with E-state index in [2.05, 4.69) is 10.2 Å². The van der Waals surface area contributed by atoms with Gasteiger partial charge < -0.3 is 9.57 Å². The molecular formula is C12H15NO3. The lowest BCUT2D eigenvalue weighted by molar-refractivity contribution is -0.141. The summed E-state index contributed by atoms with van der Waals surface area (Å²) >= 11 is 0. The molecule has 4 nitrogen and oxygen atoms in total. The van der Waals surface area contributed by atoms with Crippen molar-refractivity contribution in [1.29, 1.82) is 0 Å². The SMILES string of the molecule is COC(=O)C[C@@H]1NOC[C@@H]1c1ccccc1. The number of carbonyl (C=O) groups excluding carboxylic acids is 1. The minimum Gasteiger partial charge on any atom is -0.469 e. The molecule has 1 aliphatic rings. The van der Waals surface area contributed by atoms with Crippen LogP contribution in [0.25, 0.3) is 0 Å². The van der Waals surface area contributed by atoms with Gasteiger partial charge in [0.2, 0.25) is 0 Å². The van der Waals surface area contributed by atoms with Gasteiger partial charge in [-0.2, -0.15) is 5.48 Å². The fourth-order valence-electron chi connectivity index (χ4n) is 1.92. The van der Waals surface area contributed by atoms with Crippen LogP contribution in [0.4, 0.5) is 0 Å². The largest absolute Gasteiger partial charge is 0.469 e. The Morgan fingerprint density at radius 2 is 2.25 bits per heavy atom. The highest BCUT2D eigenvalue weighted by Crippen LogP contribution is 2.26. The Bertz CT molecular complexity index is 353. The molecule has 1 aliphatic heterocycles. The van der Waals surface area contributed by atoms with Gasteiger partial charge in [0.15, 0.2) is 0 Å². The summed E-state index contributed by atoms with van der Waals surface area (Å²) in [7, 11) is 1.40. The van der Waals surface area contributed by atoms with Crippen molar-refractivity contribution >= 4 is 5.97 Å². The molecule has 4 heteroatoms. The molecule has 0 bridgehead atoms. The highest BCUT2D eigenvalue weighted by atomic mass is 16.7. The highest BCUT2D eigenvalue weighted by Gasteiger charge is 2.31. The molecule has 0 amide bonds. The van der Waals surface area contributed by atoms with Crippen LogP contribution in [-0.2, 0) is 14.4 Å². The van der Waals surface area contributed by atoms with Crippen LogP contribution in [-0.4, -0.2) is 25.7 Å². The van der Waals surface area contributed by atoms with Crippen molar-refractivity contribution in [3.8, 4) is 0 Å². The van der Waals surface area contributed by atoms with Gasteiger partial charge in [-0.1, -0.05) is 30.3 Å². The van der Waals surface area contributed by atoms with Crippen molar-refractivity contribution in [1.82, 2.24) is 5.48 Å². The molecule has 1 saturated heterocycles. The van der Waals surface area contributed by atoms with E-state index in [-0.39, 0.29) is 17.9 Å². The summed E-state index contributed by atoms with van der Waals surface area (Å²) in [4.78, 5) is 16.4. The van der Waals surface area contributed by atoms with E-state index >= 15 is 0 Å². The molecule has 2 atom stereocenters. The maximum Gasteiger partial charge on any atom is 0.307 e. The Morgan fingerprint density at radius 3 is 2.94 bits per heavy atom.